The molecule has 0 bridgehead atoms. The summed E-state index contributed by atoms with van der Waals surface area (Å²) >= 11 is 0. The van der Waals surface area contributed by atoms with Gasteiger partial charge in [0.25, 0.3) is 11.8 Å². The molecule has 1 aliphatic rings. The van der Waals surface area contributed by atoms with Gasteiger partial charge in [-0.15, -0.1) is 0 Å². The van der Waals surface area contributed by atoms with Crippen molar-refractivity contribution < 1.29 is 19.1 Å². The van der Waals surface area contributed by atoms with Gasteiger partial charge in [0.2, 0.25) is 6.10 Å². The first-order valence-electron chi connectivity index (χ1n) is 7.19. The molecule has 2 aromatic carbocycles. The molecular weight excluding hydrogens is 296 g/mol. The second kappa shape index (κ2) is 6.39. The minimum atomic E-state index is -0.775. The molecule has 6 heteroatoms. The summed E-state index contributed by atoms with van der Waals surface area (Å²) in [5, 5.41) is 5.26. The number of ether oxygens (including phenoxy) is 2. The Morgan fingerprint density at radius 2 is 1.74 bits per heavy atom. The Balaban J connectivity index is 1.75. The molecule has 2 N–H and O–H groups in total. The van der Waals surface area contributed by atoms with E-state index in [4.69, 9.17) is 9.47 Å². The van der Waals surface area contributed by atoms with Crippen molar-refractivity contribution in [2.24, 2.45) is 0 Å². The summed E-state index contributed by atoms with van der Waals surface area (Å²) in [4.78, 5) is 24.2. The first-order chi connectivity index (χ1) is 11.2. The third-order valence-electron chi connectivity index (χ3n) is 3.46. The summed E-state index contributed by atoms with van der Waals surface area (Å²) in [5.74, 6) is 0.503. The molecule has 0 spiro atoms. The van der Waals surface area contributed by atoms with Gasteiger partial charge in [-0.05, 0) is 24.3 Å². The molecule has 3 rings (SSSR count). The standard InChI is InChI=1S/C17H16N2O4/c1-18-16(20)11-6-2-3-7-12(11)19-17(21)15-10-22-13-8-4-5-9-14(13)23-15/h2-9,15H,10H2,1H3,(H,18,20)(H,19,21). The van der Waals surface area contributed by atoms with E-state index in [1.165, 1.54) is 7.05 Å². The van der Waals surface area contributed by atoms with Crippen molar-refractivity contribution in [3.05, 3.63) is 54.1 Å². The number of anilines is 1. The number of rotatable bonds is 3. The van der Waals surface area contributed by atoms with E-state index in [1.54, 1.807) is 36.4 Å². The second-order valence-electron chi connectivity index (χ2n) is 4.98. The van der Waals surface area contributed by atoms with Gasteiger partial charge < -0.3 is 20.1 Å². The van der Waals surface area contributed by atoms with Crippen LogP contribution < -0.4 is 20.1 Å². The molecule has 1 unspecified atom stereocenters. The molecule has 0 saturated carbocycles. The van der Waals surface area contributed by atoms with Gasteiger partial charge in [-0.25, -0.2) is 0 Å². The minimum Gasteiger partial charge on any atom is -0.485 e. The van der Waals surface area contributed by atoms with Crippen LogP contribution in [-0.4, -0.2) is 31.6 Å². The number of nitrogens with one attached hydrogen (secondary N) is 2. The van der Waals surface area contributed by atoms with E-state index in [0.717, 1.165) is 0 Å². The molecule has 1 heterocycles. The number of para-hydroxylation sites is 3. The summed E-state index contributed by atoms with van der Waals surface area (Å²) in [6.45, 7) is 0.116. The fourth-order valence-corrected chi connectivity index (χ4v) is 2.29. The average Bonchev–Trinajstić information content (AvgIpc) is 2.61. The summed E-state index contributed by atoms with van der Waals surface area (Å²) in [7, 11) is 1.54. The van der Waals surface area contributed by atoms with Gasteiger partial charge in [-0.3, -0.25) is 9.59 Å². The first-order valence-corrected chi connectivity index (χ1v) is 7.19. The van der Waals surface area contributed by atoms with Crippen LogP contribution in [0.15, 0.2) is 48.5 Å². The Hall–Kier alpha value is -3.02. The molecule has 0 aromatic heterocycles. The zero-order valence-electron chi connectivity index (χ0n) is 12.5. The van der Waals surface area contributed by atoms with Crippen molar-refractivity contribution in [2.75, 3.05) is 19.0 Å². The highest BCUT2D eigenvalue weighted by Gasteiger charge is 2.28. The van der Waals surface area contributed by atoms with Gasteiger partial charge in [-0.1, -0.05) is 24.3 Å². The van der Waals surface area contributed by atoms with Crippen molar-refractivity contribution in [1.29, 1.82) is 0 Å². The van der Waals surface area contributed by atoms with Crippen LogP contribution in [-0.2, 0) is 4.79 Å². The Morgan fingerprint density at radius 3 is 2.52 bits per heavy atom. The largest absolute Gasteiger partial charge is 0.485 e. The molecule has 0 radical (unpaired) electrons. The van der Waals surface area contributed by atoms with Crippen LogP contribution in [0.5, 0.6) is 11.5 Å². The molecule has 1 atom stereocenters. The summed E-state index contributed by atoms with van der Waals surface area (Å²) in [6.07, 6.45) is -0.775. The first kappa shape index (κ1) is 14.9. The lowest BCUT2D eigenvalue weighted by Crippen LogP contribution is -2.40. The molecule has 1 aliphatic heterocycles. The number of hydrogen-bond donors (Lipinski definition) is 2. The molecule has 0 fully saturated rings. The molecule has 23 heavy (non-hydrogen) atoms. The SMILES string of the molecule is CNC(=O)c1ccccc1NC(=O)C1COc2ccccc2O1. The lowest BCUT2D eigenvalue weighted by Gasteiger charge is -2.25. The molecule has 118 valence electrons. The number of carbonyl (C=O) groups excluding carboxylic acids is 2. The van der Waals surface area contributed by atoms with Crippen LogP contribution in [0, 0.1) is 0 Å². The van der Waals surface area contributed by atoms with Crippen LogP contribution in [0.3, 0.4) is 0 Å². The normalized spacial score (nSPS) is 15.6. The van der Waals surface area contributed by atoms with E-state index < -0.39 is 6.10 Å². The second-order valence-corrected chi connectivity index (χ2v) is 4.98. The average molecular weight is 312 g/mol. The summed E-state index contributed by atoms with van der Waals surface area (Å²) < 4.78 is 11.2. The Labute approximate surface area is 133 Å². The number of fused-ring (bicyclic) bond motifs is 1. The number of amides is 2. The van der Waals surface area contributed by atoms with E-state index in [1.807, 2.05) is 12.1 Å². The lowest BCUT2D eigenvalue weighted by molar-refractivity contribution is -0.125. The number of hydrogen-bond acceptors (Lipinski definition) is 4. The van der Waals surface area contributed by atoms with Gasteiger partial charge >= 0.3 is 0 Å². The molecule has 2 amide bonds. The van der Waals surface area contributed by atoms with E-state index in [9.17, 15) is 9.59 Å². The van der Waals surface area contributed by atoms with Gasteiger partial charge in [-0.2, -0.15) is 0 Å². The highest BCUT2D eigenvalue weighted by molar-refractivity contribution is 6.04. The third kappa shape index (κ3) is 3.11. The fourth-order valence-electron chi connectivity index (χ4n) is 2.29. The minimum absolute atomic E-state index is 0.116. The van der Waals surface area contributed by atoms with Crippen LogP contribution in [0.2, 0.25) is 0 Å². The number of benzene rings is 2. The van der Waals surface area contributed by atoms with Gasteiger partial charge in [0.15, 0.2) is 11.5 Å². The van der Waals surface area contributed by atoms with Crippen molar-refractivity contribution in [3.63, 3.8) is 0 Å². The van der Waals surface area contributed by atoms with Crippen molar-refractivity contribution in [2.45, 2.75) is 6.10 Å². The van der Waals surface area contributed by atoms with Crippen molar-refractivity contribution >= 4 is 17.5 Å². The summed E-state index contributed by atoms with van der Waals surface area (Å²) in [5.41, 5.74) is 0.819. The maximum absolute atomic E-state index is 12.4. The zero-order valence-corrected chi connectivity index (χ0v) is 12.5. The van der Waals surface area contributed by atoms with Gasteiger partial charge in [0.1, 0.15) is 6.61 Å². The topological polar surface area (TPSA) is 76.7 Å². The molecule has 2 aromatic rings. The third-order valence-corrected chi connectivity index (χ3v) is 3.46. The Bertz CT molecular complexity index is 745. The molecular formula is C17H16N2O4. The molecule has 0 saturated heterocycles. The van der Waals surface area contributed by atoms with E-state index in [0.29, 0.717) is 22.7 Å². The summed E-state index contributed by atoms with van der Waals surface area (Å²) in [6, 6.07) is 14.0. The maximum Gasteiger partial charge on any atom is 0.269 e. The Morgan fingerprint density at radius 1 is 1.04 bits per heavy atom. The van der Waals surface area contributed by atoms with E-state index >= 15 is 0 Å². The Kier molecular flexibility index (Phi) is 4.14. The zero-order chi connectivity index (χ0) is 16.2. The van der Waals surface area contributed by atoms with Crippen LogP contribution in [0.1, 0.15) is 10.4 Å². The predicted molar refractivity (Wildman–Crippen MR) is 84.8 cm³/mol. The van der Waals surface area contributed by atoms with Crippen LogP contribution >= 0.6 is 0 Å². The smallest absolute Gasteiger partial charge is 0.269 e. The molecule has 6 nitrogen and oxygen atoms in total. The van der Waals surface area contributed by atoms with E-state index in [-0.39, 0.29) is 18.4 Å². The van der Waals surface area contributed by atoms with Crippen LogP contribution in [0.4, 0.5) is 5.69 Å². The van der Waals surface area contributed by atoms with Gasteiger partial charge in [0.05, 0.1) is 11.3 Å². The molecule has 0 aliphatic carbocycles. The quantitative estimate of drug-likeness (QED) is 0.906. The highest BCUT2D eigenvalue weighted by atomic mass is 16.6. The van der Waals surface area contributed by atoms with Crippen molar-refractivity contribution in [3.8, 4) is 11.5 Å². The lowest BCUT2D eigenvalue weighted by atomic mass is 10.1. The van der Waals surface area contributed by atoms with Crippen LogP contribution in [0.25, 0.3) is 0 Å². The highest BCUT2D eigenvalue weighted by Crippen LogP contribution is 2.31. The fraction of sp³-hybridized carbons (Fsp3) is 0.176. The maximum atomic E-state index is 12.4. The van der Waals surface area contributed by atoms with Crippen molar-refractivity contribution in [1.82, 2.24) is 5.32 Å². The predicted octanol–water partition coefficient (Wildman–Crippen LogP) is 1.82. The van der Waals surface area contributed by atoms with Gasteiger partial charge in [0, 0.05) is 7.05 Å². The number of carbonyl (C=O) groups is 2. The van der Waals surface area contributed by atoms with E-state index in [2.05, 4.69) is 10.6 Å². The monoisotopic (exact) mass is 312 g/mol.